The fourth-order valence-electron chi connectivity index (χ4n) is 0.659. The Balaban J connectivity index is 2.70. The Hall–Kier alpha value is -1.78. The number of carboxylic acid groups (broad SMARTS) is 1. The van der Waals surface area contributed by atoms with Crippen LogP contribution in [0.4, 0.5) is 0 Å². The second kappa shape index (κ2) is 3.56. The van der Waals surface area contributed by atoms with Crippen LogP contribution in [-0.4, -0.2) is 22.7 Å². The SMILES string of the molecule is O=C(O)COc1ccc[nH]c1=O. The number of hydrogen-bond donors (Lipinski definition) is 2. The highest BCUT2D eigenvalue weighted by molar-refractivity contribution is 5.68. The van der Waals surface area contributed by atoms with Crippen LogP contribution in [0.1, 0.15) is 0 Å². The van der Waals surface area contributed by atoms with Gasteiger partial charge in [0.05, 0.1) is 0 Å². The Bertz CT molecular complexity index is 330. The molecule has 1 rings (SSSR count). The number of rotatable bonds is 3. The third kappa shape index (κ3) is 2.12. The van der Waals surface area contributed by atoms with Crippen molar-refractivity contribution in [2.75, 3.05) is 6.61 Å². The summed E-state index contributed by atoms with van der Waals surface area (Å²) in [4.78, 5) is 23.3. The summed E-state index contributed by atoms with van der Waals surface area (Å²) in [6.45, 7) is -0.507. The van der Waals surface area contributed by atoms with Gasteiger partial charge in [0.15, 0.2) is 12.4 Å². The van der Waals surface area contributed by atoms with E-state index in [1.165, 1.54) is 12.3 Å². The van der Waals surface area contributed by atoms with E-state index in [9.17, 15) is 9.59 Å². The second-order valence-electron chi connectivity index (χ2n) is 2.05. The first-order valence-corrected chi connectivity index (χ1v) is 3.22. The Labute approximate surface area is 67.6 Å². The molecule has 1 heterocycles. The number of aromatic nitrogens is 1. The summed E-state index contributed by atoms with van der Waals surface area (Å²) in [5, 5.41) is 8.23. The lowest BCUT2D eigenvalue weighted by atomic mass is 10.4. The molecule has 0 aromatic carbocycles. The predicted molar refractivity (Wildman–Crippen MR) is 40.2 cm³/mol. The summed E-state index contributed by atoms with van der Waals surface area (Å²) < 4.78 is 4.65. The van der Waals surface area contributed by atoms with Gasteiger partial charge < -0.3 is 14.8 Å². The maximum atomic E-state index is 10.9. The van der Waals surface area contributed by atoms with Crippen molar-refractivity contribution in [3.63, 3.8) is 0 Å². The van der Waals surface area contributed by atoms with Crippen molar-refractivity contribution in [2.24, 2.45) is 0 Å². The van der Waals surface area contributed by atoms with Crippen LogP contribution < -0.4 is 10.3 Å². The average Bonchev–Trinajstić information content (AvgIpc) is 2.03. The highest BCUT2D eigenvalue weighted by Gasteiger charge is 2.01. The topological polar surface area (TPSA) is 79.4 Å². The quantitative estimate of drug-likeness (QED) is 0.658. The molecule has 0 bridgehead atoms. The molecule has 2 N–H and O–H groups in total. The van der Waals surface area contributed by atoms with Crippen LogP contribution in [0, 0.1) is 0 Å². The second-order valence-corrected chi connectivity index (χ2v) is 2.05. The maximum Gasteiger partial charge on any atom is 0.341 e. The van der Waals surface area contributed by atoms with Crippen molar-refractivity contribution >= 4 is 5.97 Å². The highest BCUT2D eigenvalue weighted by Crippen LogP contribution is 1.98. The summed E-state index contributed by atoms with van der Waals surface area (Å²) in [5.41, 5.74) is -0.432. The molecule has 0 fully saturated rings. The number of aliphatic carboxylic acids is 1. The van der Waals surface area contributed by atoms with Gasteiger partial charge in [0, 0.05) is 6.20 Å². The van der Waals surface area contributed by atoms with Crippen molar-refractivity contribution in [1.82, 2.24) is 4.98 Å². The first-order chi connectivity index (χ1) is 5.70. The minimum absolute atomic E-state index is 0.0138. The summed E-state index contributed by atoms with van der Waals surface area (Å²) in [6, 6.07) is 2.96. The van der Waals surface area contributed by atoms with E-state index in [1.807, 2.05) is 0 Å². The molecule has 0 aliphatic carbocycles. The third-order valence-electron chi connectivity index (χ3n) is 1.13. The van der Waals surface area contributed by atoms with E-state index in [-0.39, 0.29) is 5.75 Å². The van der Waals surface area contributed by atoms with Gasteiger partial charge in [-0.2, -0.15) is 0 Å². The summed E-state index contributed by atoms with van der Waals surface area (Å²) >= 11 is 0. The first-order valence-electron chi connectivity index (χ1n) is 3.22. The minimum Gasteiger partial charge on any atom is -0.479 e. The fourth-order valence-corrected chi connectivity index (χ4v) is 0.659. The third-order valence-corrected chi connectivity index (χ3v) is 1.13. The molecule has 0 radical (unpaired) electrons. The molecule has 1 aromatic heterocycles. The molecule has 0 atom stereocenters. The number of pyridine rings is 1. The number of carboxylic acids is 1. The molecule has 5 heteroatoms. The van der Waals surface area contributed by atoms with Gasteiger partial charge in [0.25, 0.3) is 5.56 Å². The molecule has 1 aromatic rings. The summed E-state index contributed by atoms with van der Waals surface area (Å²) in [7, 11) is 0. The Morgan fingerprint density at radius 1 is 1.67 bits per heavy atom. The zero-order valence-corrected chi connectivity index (χ0v) is 6.11. The van der Waals surface area contributed by atoms with Crippen LogP contribution in [0.2, 0.25) is 0 Å². The summed E-state index contributed by atoms with van der Waals surface area (Å²) in [5.74, 6) is -1.10. The minimum atomic E-state index is -1.11. The van der Waals surface area contributed by atoms with Crippen molar-refractivity contribution in [3.05, 3.63) is 28.7 Å². The smallest absolute Gasteiger partial charge is 0.341 e. The van der Waals surface area contributed by atoms with Crippen molar-refractivity contribution in [3.8, 4) is 5.75 Å². The molecule has 5 nitrogen and oxygen atoms in total. The van der Waals surface area contributed by atoms with Crippen molar-refractivity contribution in [1.29, 1.82) is 0 Å². The molecule has 0 unspecified atom stereocenters. The molecule has 0 spiro atoms. The number of carbonyl (C=O) groups is 1. The summed E-state index contributed by atoms with van der Waals surface area (Å²) in [6.07, 6.45) is 1.44. The van der Waals surface area contributed by atoms with E-state index >= 15 is 0 Å². The van der Waals surface area contributed by atoms with E-state index in [4.69, 9.17) is 5.11 Å². The standard InChI is InChI=1S/C7H7NO4/c9-6(10)4-12-5-2-1-3-8-7(5)11/h1-3H,4H2,(H,8,11)(H,9,10). The van der Waals surface area contributed by atoms with Gasteiger partial charge in [-0.25, -0.2) is 4.79 Å². The monoisotopic (exact) mass is 169 g/mol. The molecule has 12 heavy (non-hydrogen) atoms. The van der Waals surface area contributed by atoms with Crippen molar-refractivity contribution < 1.29 is 14.6 Å². The largest absolute Gasteiger partial charge is 0.479 e. The van der Waals surface area contributed by atoms with Gasteiger partial charge >= 0.3 is 5.97 Å². The lowest BCUT2D eigenvalue weighted by Crippen LogP contribution is -2.15. The number of nitrogens with one attached hydrogen (secondary N) is 1. The highest BCUT2D eigenvalue weighted by atomic mass is 16.5. The number of aromatic amines is 1. The lowest BCUT2D eigenvalue weighted by Gasteiger charge is -1.99. The van der Waals surface area contributed by atoms with E-state index in [1.54, 1.807) is 6.07 Å². The van der Waals surface area contributed by atoms with Gasteiger partial charge in [-0.1, -0.05) is 0 Å². The fraction of sp³-hybridized carbons (Fsp3) is 0.143. The van der Waals surface area contributed by atoms with Crippen LogP contribution >= 0.6 is 0 Å². The first kappa shape index (κ1) is 8.32. The normalized spacial score (nSPS) is 9.33. The zero-order valence-electron chi connectivity index (χ0n) is 6.11. The number of ether oxygens (including phenoxy) is 1. The molecule has 0 saturated heterocycles. The Kier molecular flexibility index (Phi) is 2.47. The van der Waals surface area contributed by atoms with Crippen molar-refractivity contribution in [2.45, 2.75) is 0 Å². The van der Waals surface area contributed by atoms with Gasteiger partial charge in [0.2, 0.25) is 0 Å². The number of H-pyrrole nitrogens is 1. The lowest BCUT2D eigenvalue weighted by molar-refractivity contribution is -0.139. The average molecular weight is 169 g/mol. The van der Waals surface area contributed by atoms with Crippen LogP contribution in [0.25, 0.3) is 0 Å². The van der Waals surface area contributed by atoms with Gasteiger partial charge in [-0.15, -0.1) is 0 Å². The molecular weight excluding hydrogens is 162 g/mol. The Morgan fingerprint density at radius 3 is 3.00 bits per heavy atom. The van der Waals surface area contributed by atoms with Crippen LogP contribution in [0.15, 0.2) is 23.1 Å². The maximum absolute atomic E-state index is 10.9. The van der Waals surface area contributed by atoms with Gasteiger partial charge in [-0.3, -0.25) is 4.79 Å². The van der Waals surface area contributed by atoms with Gasteiger partial charge in [0.1, 0.15) is 0 Å². The predicted octanol–water partition coefficient (Wildman–Crippen LogP) is -0.162. The molecular formula is C7H7NO4. The Morgan fingerprint density at radius 2 is 2.42 bits per heavy atom. The van der Waals surface area contributed by atoms with Crippen LogP contribution in [-0.2, 0) is 4.79 Å². The van der Waals surface area contributed by atoms with Crippen LogP contribution in [0.3, 0.4) is 0 Å². The van der Waals surface area contributed by atoms with E-state index in [0.717, 1.165) is 0 Å². The molecule has 64 valence electrons. The van der Waals surface area contributed by atoms with Gasteiger partial charge in [-0.05, 0) is 12.1 Å². The molecule has 0 saturated carbocycles. The van der Waals surface area contributed by atoms with E-state index in [0.29, 0.717) is 0 Å². The van der Waals surface area contributed by atoms with E-state index < -0.39 is 18.1 Å². The number of hydrogen-bond acceptors (Lipinski definition) is 3. The van der Waals surface area contributed by atoms with Crippen LogP contribution in [0.5, 0.6) is 5.75 Å². The zero-order chi connectivity index (χ0) is 8.97. The molecule has 0 amide bonds. The molecule has 0 aliphatic heterocycles. The molecule has 0 aliphatic rings. The van der Waals surface area contributed by atoms with E-state index in [2.05, 4.69) is 9.72 Å².